The summed E-state index contributed by atoms with van der Waals surface area (Å²) in [6.07, 6.45) is 4.26. The molecule has 1 saturated heterocycles. The third kappa shape index (κ3) is 3.87. The molecule has 1 aliphatic rings. The van der Waals surface area contributed by atoms with E-state index in [0.29, 0.717) is 15.9 Å². The number of rotatable bonds is 3. The molecule has 0 saturated carbocycles. The number of fused-ring (bicyclic) bond motifs is 1. The molecule has 0 N–H and O–H groups in total. The first-order chi connectivity index (χ1) is 14.8. The number of aromatic nitrogens is 2. The average molecular weight is 440 g/mol. The van der Waals surface area contributed by atoms with Crippen molar-refractivity contribution < 1.29 is 4.79 Å². The Morgan fingerprint density at radius 3 is 2.29 bits per heavy atom. The fourth-order valence-electron chi connectivity index (χ4n) is 4.24. The fraction of sp³-hybridized carbons (Fsp3) is 0.458. The standard InChI is InChI=1S/C24H29N3O3S/c1-15-9-10-19(13-16(15)2)27-22(29)21-17(3)18(4)31-23(21)26(24(27)30)14-20(28)25-11-7-5-6-8-12-25/h9-10,13H,5-8,11-12,14H2,1-4H3. The third-order valence-electron chi connectivity index (χ3n) is 6.45. The van der Waals surface area contributed by atoms with Crippen molar-refractivity contribution in [2.24, 2.45) is 0 Å². The van der Waals surface area contributed by atoms with Crippen molar-refractivity contribution in [1.82, 2.24) is 14.0 Å². The minimum atomic E-state index is -0.454. The molecule has 2 aromatic heterocycles. The smallest absolute Gasteiger partial charge is 0.337 e. The quantitative estimate of drug-likeness (QED) is 0.623. The van der Waals surface area contributed by atoms with Gasteiger partial charge in [0.15, 0.2) is 0 Å². The van der Waals surface area contributed by atoms with Gasteiger partial charge in [0.25, 0.3) is 5.56 Å². The molecule has 164 valence electrons. The molecule has 7 heteroatoms. The highest BCUT2D eigenvalue weighted by atomic mass is 32.1. The Bertz CT molecular complexity index is 1270. The summed E-state index contributed by atoms with van der Waals surface area (Å²) in [5.74, 6) is -0.0562. The Kier molecular flexibility index (Phi) is 5.88. The van der Waals surface area contributed by atoms with Crippen LogP contribution >= 0.6 is 11.3 Å². The number of hydrogen-bond acceptors (Lipinski definition) is 4. The van der Waals surface area contributed by atoms with E-state index in [1.165, 1.54) is 20.5 Å². The number of aryl methyl sites for hydroxylation is 4. The van der Waals surface area contributed by atoms with Crippen LogP contribution in [0, 0.1) is 27.7 Å². The van der Waals surface area contributed by atoms with E-state index in [4.69, 9.17) is 0 Å². The van der Waals surface area contributed by atoms with Crippen molar-refractivity contribution in [3.63, 3.8) is 0 Å². The van der Waals surface area contributed by atoms with E-state index in [-0.39, 0.29) is 18.0 Å². The maximum atomic E-state index is 13.6. The van der Waals surface area contributed by atoms with Gasteiger partial charge in [-0.15, -0.1) is 11.3 Å². The third-order valence-corrected chi connectivity index (χ3v) is 7.68. The SMILES string of the molecule is Cc1ccc(-n2c(=O)c3c(C)c(C)sc3n(CC(=O)N3CCCCCC3)c2=O)cc1C. The molecule has 1 aliphatic heterocycles. The predicted octanol–water partition coefficient (Wildman–Crippen LogP) is 3.85. The molecule has 0 spiro atoms. The largest absolute Gasteiger partial charge is 0.341 e. The Hall–Kier alpha value is -2.67. The Balaban J connectivity index is 1.91. The number of carbonyl (C=O) groups is 1. The number of hydrogen-bond donors (Lipinski definition) is 0. The van der Waals surface area contributed by atoms with Crippen LogP contribution in [-0.2, 0) is 11.3 Å². The van der Waals surface area contributed by atoms with Gasteiger partial charge in [-0.3, -0.25) is 14.2 Å². The van der Waals surface area contributed by atoms with Crippen molar-refractivity contribution in [3.05, 3.63) is 60.6 Å². The molecule has 3 aromatic rings. The van der Waals surface area contributed by atoms with E-state index in [0.717, 1.165) is 60.3 Å². The summed E-state index contributed by atoms with van der Waals surface area (Å²) >= 11 is 1.41. The van der Waals surface area contributed by atoms with Crippen LogP contribution in [-0.4, -0.2) is 33.0 Å². The topological polar surface area (TPSA) is 64.3 Å². The molecule has 0 bridgehead atoms. The van der Waals surface area contributed by atoms with E-state index in [1.807, 2.05) is 44.7 Å². The molecule has 1 fully saturated rings. The molecule has 1 aromatic carbocycles. The van der Waals surface area contributed by atoms with Crippen molar-refractivity contribution in [3.8, 4) is 5.69 Å². The van der Waals surface area contributed by atoms with Gasteiger partial charge in [0.2, 0.25) is 5.91 Å². The van der Waals surface area contributed by atoms with Gasteiger partial charge < -0.3 is 4.90 Å². The lowest BCUT2D eigenvalue weighted by atomic mass is 10.1. The highest BCUT2D eigenvalue weighted by Gasteiger charge is 2.23. The number of likely N-dealkylation sites (tertiary alicyclic amines) is 1. The lowest BCUT2D eigenvalue weighted by Gasteiger charge is -2.21. The van der Waals surface area contributed by atoms with Gasteiger partial charge in [-0.2, -0.15) is 0 Å². The van der Waals surface area contributed by atoms with E-state index in [9.17, 15) is 14.4 Å². The molecule has 1 amide bonds. The monoisotopic (exact) mass is 439 g/mol. The summed E-state index contributed by atoms with van der Waals surface area (Å²) in [5, 5.41) is 0.531. The van der Waals surface area contributed by atoms with E-state index in [2.05, 4.69) is 0 Å². The molecule has 0 radical (unpaired) electrons. The molecule has 6 nitrogen and oxygen atoms in total. The molecule has 0 unspecified atom stereocenters. The molecule has 0 aliphatic carbocycles. The number of nitrogens with zero attached hydrogens (tertiary/aromatic N) is 3. The summed E-state index contributed by atoms with van der Waals surface area (Å²) in [7, 11) is 0. The van der Waals surface area contributed by atoms with Crippen LogP contribution in [0.25, 0.3) is 15.9 Å². The lowest BCUT2D eigenvalue weighted by molar-refractivity contribution is -0.131. The van der Waals surface area contributed by atoms with Crippen molar-refractivity contribution in [2.45, 2.75) is 59.9 Å². The van der Waals surface area contributed by atoms with Crippen molar-refractivity contribution >= 4 is 27.5 Å². The summed E-state index contributed by atoms with van der Waals surface area (Å²) in [5.41, 5.74) is 2.75. The molecule has 3 heterocycles. The zero-order valence-corrected chi connectivity index (χ0v) is 19.5. The molecular formula is C24H29N3O3S. The van der Waals surface area contributed by atoms with Crippen LogP contribution in [0.5, 0.6) is 0 Å². The Morgan fingerprint density at radius 2 is 1.65 bits per heavy atom. The summed E-state index contributed by atoms with van der Waals surface area (Å²) < 4.78 is 2.73. The number of carbonyl (C=O) groups excluding carboxylic acids is 1. The van der Waals surface area contributed by atoms with Gasteiger partial charge in [-0.25, -0.2) is 9.36 Å². The average Bonchev–Trinajstić information content (AvgIpc) is 2.91. The first-order valence-corrected chi connectivity index (χ1v) is 11.7. The Morgan fingerprint density at radius 1 is 0.968 bits per heavy atom. The summed E-state index contributed by atoms with van der Waals surface area (Å²) in [4.78, 5) is 43.6. The first-order valence-electron chi connectivity index (χ1n) is 10.9. The second-order valence-electron chi connectivity index (χ2n) is 8.54. The highest BCUT2D eigenvalue weighted by molar-refractivity contribution is 7.18. The zero-order chi connectivity index (χ0) is 22.3. The number of thiophene rings is 1. The maximum Gasteiger partial charge on any atom is 0.337 e. The predicted molar refractivity (Wildman–Crippen MR) is 126 cm³/mol. The highest BCUT2D eigenvalue weighted by Crippen LogP contribution is 2.27. The van der Waals surface area contributed by atoms with Gasteiger partial charge in [0.1, 0.15) is 11.4 Å². The van der Waals surface area contributed by atoms with Crippen molar-refractivity contribution in [1.29, 1.82) is 0 Å². The maximum absolute atomic E-state index is 13.6. The summed E-state index contributed by atoms with van der Waals surface area (Å²) in [6.45, 7) is 9.24. The van der Waals surface area contributed by atoms with Gasteiger partial charge in [-0.1, -0.05) is 18.9 Å². The first kappa shape index (κ1) is 21.6. The zero-order valence-electron chi connectivity index (χ0n) is 18.7. The van der Waals surface area contributed by atoms with E-state index < -0.39 is 5.69 Å². The van der Waals surface area contributed by atoms with Crippen LogP contribution in [0.1, 0.15) is 47.3 Å². The molecule has 0 atom stereocenters. The Labute approximate surface area is 185 Å². The fourth-order valence-corrected chi connectivity index (χ4v) is 5.38. The van der Waals surface area contributed by atoms with Gasteiger partial charge in [0.05, 0.1) is 11.1 Å². The van der Waals surface area contributed by atoms with Gasteiger partial charge >= 0.3 is 5.69 Å². The molecular weight excluding hydrogens is 410 g/mol. The number of amides is 1. The minimum Gasteiger partial charge on any atom is -0.341 e. The second-order valence-corrected chi connectivity index (χ2v) is 9.74. The molecule has 4 rings (SSSR count). The van der Waals surface area contributed by atoms with E-state index in [1.54, 1.807) is 6.07 Å². The minimum absolute atomic E-state index is 0.0418. The normalized spacial score (nSPS) is 14.8. The van der Waals surface area contributed by atoms with Crippen LogP contribution in [0.4, 0.5) is 0 Å². The van der Waals surface area contributed by atoms with Gasteiger partial charge in [0, 0.05) is 18.0 Å². The van der Waals surface area contributed by atoms with Crippen molar-refractivity contribution in [2.75, 3.05) is 13.1 Å². The number of benzene rings is 1. The van der Waals surface area contributed by atoms with Crippen LogP contribution in [0.3, 0.4) is 0 Å². The van der Waals surface area contributed by atoms with Crippen LogP contribution in [0.15, 0.2) is 27.8 Å². The summed E-state index contributed by atoms with van der Waals surface area (Å²) in [6, 6.07) is 5.57. The molecule has 31 heavy (non-hydrogen) atoms. The van der Waals surface area contributed by atoms with Crippen LogP contribution < -0.4 is 11.2 Å². The second kappa shape index (κ2) is 8.46. The van der Waals surface area contributed by atoms with Crippen LogP contribution in [0.2, 0.25) is 0 Å². The lowest BCUT2D eigenvalue weighted by Crippen LogP contribution is -2.42. The van der Waals surface area contributed by atoms with Gasteiger partial charge in [-0.05, 0) is 69.4 Å². The van der Waals surface area contributed by atoms with E-state index >= 15 is 0 Å².